The van der Waals surface area contributed by atoms with Gasteiger partial charge in [0.2, 0.25) is 11.8 Å². The molecule has 2 amide bonds. The van der Waals surface area contributed by atoms with Crippen LogP contribution in [0.25, 0.3) is 0 Å². The minimum absolute atomic E-state index is 0.0681. The Labute approximate surface area is 136 Å². The lowest BCUT2D eigenvalue weighted by Crippen LogP contribution is -2.50. The minimum atomic E-state index is -0.429. The maximum atomic E-state index is 12.8. The number of aliphatic hydroxyl groups is 1. The lowest BCUT2D eigenvalue weighted by atomic mass is 9.82. The van der Waals surface area contributed by atoms with E-state index in [2.05, 4.69) is 5.32 Å². The van der Waals surface area contributed by atoms with Crippen LogP contribution in [0.4, 0.5) is 5.69 Å². The van der Waals surface area contributed by atoms with E-state index in [9.17, 15) is 9.59 Å². The molecule has 1 saturated carbocycles. The number of carbonyl (C=O) groups is 2. The van der Waals surface area contributed by atoms with Crippen LogP contribution in [0.15, 0.2) is 24.3 Å². The number of anilines is 1. The fourth-order valence-corrected chi connectivity index (χ4v) is 3.81. The number of carbonyl (C=O) groups excluding carboxylic acids is 2. The number of nitrogens with zero attached hydrogens (tertiary/aromatic N) is 1. The van der Waals surface area contributed by atoms with Crippen LogP contribution in [-0.4, -0.2) is 34.5 Å². The first-order chi connectivity index (χ1) is 11.2. The van der Waals surface area contributed by atoms with E-state index in [0.29, 0.717) is 6.54 Å². The average Bonchev–Trinajstić information content (AvgIpc) is 2.71. The summed E-state index contributed by atoms with van der Waals surface area (Å²) in [6, 6.07) is 7.20. The van der Waals surface area contributed by atoms with Gasteiger partial charge in [-0.05, 0) is 30.4 Å². The maximum Gasteiger partial charge on any atom is 0.247 e. The zero-order valence-corrected chi connectivity index (χ0v) is 13.3. The average molecular weight is 316 g/mol. The van der Waals surface area contributed by atoms with Crippen molar-refractivity contribution in [1.29, 1.82) is 0 Å². The lowest BCUT2D eigenvalue weighted by molar-refractivity contribution is -0.142. The largest absolute Gasteiger partial charge is 0.396 e. The number of fused-ring (bicyclic) bond motifs is 1. The fourth-order valence-electron chi connectivity index (χ4n) is 3.81. The Bertz CT molecular complexity index is 581. The summed E-state index contributed by atoms with van der Waals surface area (Å²) in [7, 11) is 0. The van der Waals surface area contributed by atoms with Crippen molar-refractivity contribution in [1.82, 2.24) is 4.90 Å². The van der Waals surface area contributed by atoms with Crippen molar-refractivity contribution in [2.24, 2.45) is 5.92 Å². The third kappa shape index (κ3) is 3.39. The number of hydrogen-bond donors (Lipinski definition) is 2. The molecule has 0 saturated heterocycles. The SMILES string of the molecule is O=C1Nc2ccccc2CN(C(=O)CCO)C1C1CCCCC1. The molecule has 1 aliphatic heterocycles. The number of nitrogens with one attached hydrogen (secondary N) is 1. The van der Waals surface area contributed by atoms with Crippen LogP contribution >= 0.6 is 0 Å². The van der Waals surface area contributed by atoms with Gasteiger partial charge >= 0.3 is 0 Å². The maximum absolute atomic E-state index is 12.8. The first-order valence-electron chi connectivity index (χ1n) is 8.50. The molecule has 1 aliphatic carbocycles. The Morgan fingerprint density at radius 2 is 1.96 bits per heavy atom. The second kappa shape index (κ2) is 7.13. The van der Waals surface area contributed by atoms with Crippen molar-refractivity contribution >= 4 is 17.5 Å². The number of benzene rings is 1. The van der Waals surface area contributed by atoms with Gasteiger partial charge < -0.3 is 15.3 Å². The second-order valence-electron chi connectivity index (χ2n) is 6.48. The van der Waals surface area contributed by atoms with Crippen molar-refractivity contribution < 1.29 is 14.7 Å². The van der Waals surface area contributed by atoms with Gasteiger partial charge in [-0.15, -0.1) is 0 Å². The van der Waals surface area contributed by atoms with E-state index in [1.807, 2.05) is 24.3 Å². The highest BCUT2D eigenvalue weighted by atomic mass is 16.3. The molecule has 1 fully saturated rings. The van der Waals surface area contributed by atoms with Crippen LogP contribution in [-0.2, 0) is 16.1 Å². The van der Waals surface area contributed by atoms with Crippen LogP contribution in [0.1, 0.15) is 44.1 Å². The Morgan fingerprint density at radius 3 is 2.70 bits per heavy atom. The summed E-state index contributed by atoms with van der Waals surface area (Å²) < 4.78 is 0. The quantitative estimate of drug-likeness (QED) is 0.899. The molecule has 1 atom stereocenters. The molecule has 0 bridgehead atoms. The molecule has 0 aromatic heterocycles. The third-order valence-electron chi connectivity index (χ3n) is 4.96. The zero-order chi connectivity index (χ0) is 16.2. The molecular formula is C18H24N2O3. The van der Waals surface area contributed by atoms with Crippen molar-refractivity contribution in [2.45, 2.75) is 51.1 Å². The van der Waals surface area contributed by atoms with Gasteiger partial charge in [0, 0.05) is 18.7 Å². The van der Waals surface area contributed by atoms with Crippen LogP contribution in [0.2, 0.25) is 0 Å². The molecular weight excluding hydrogens is 292 g/mol. The summed E-state index contributed by atoms with van der Waals surface area (Å²) in [5, 5.41) is 12.1. The molecule has 2 aliphatic rings. The van der Waals surface area contributed by atoms with E-state index in [1.54, 1.807) is 4.90 Å². The molecule has 1 heterocycles. The van der Waals surface area contributed by atoms with Crippen LogP contribution in [0.5, 0.6) is 0 Å². The van der Waals surface area contributed by atoms with Crippen LogP contribution in [0.3, 0.4) is 0 Å². The zero-order valence-electron chi connectivity index (χ0n) is 13.3. The number of rotatable bonds is 3. The first-order valence-corrected chi connectivity index (χ1v) is 8.50. The lowest BCUT2D eigenvalue weighted by Gasteiger charge is -2.36. The number of aliphatic hydroxyl groups excluding tert-OH is 1. The topological polar surface area (TPSA) is 69.6 Å². The highest BCUT2D eigenvalue weighted by Gasteiger charge is 2.38. The van der Waals surface area contributed by atoms with Gasteiger partial charge in [-0.25, -0.2) is 0 Å². The molecule has 1 unspecified atom stereocenters. The first kappa shape index (κ1) is 16.0. The van der Waals surface area contributed by atoms with E-state index < -0.39 is 6.04 Å². The third-order valence-corrected chi connectivity index (χ3v) is 4.96. The Hall–Kier alpha value is -1.88. The van der Waals surface area contributed by atoms with Crippen molar-refractivity contribution in [3.8, 4) is 0 Å². The summed E-state index contributed by atoms with van der Waals surface area (Å²) in [5.74, 6) is -0.0243. The summed E-state index contributed by atoms with van der Waals surface area (Å²) in [6.07, 6.45) is 5.47. The summed E-state index contributed by atoms with van der Waals surface area (Å²) >= 11 is 0. The van der Waals surface area contributed by atoms with Gasteiger partial charge in [0.25, 0.3) is 0 Å². The van der Waals surface area contributed by atoms with E-state index in [1.165, 1.54) is 6.42 Å². The molecule has 3 rings (SSSR count). The highest BCUT2D eigenvalue weighted by Crippen LogP contribution is 2.33. The van der Waals surface area contributed by atoms with Gasteiger partial charge in [-0.3, -0.25) is 9.59 Å². The number of amides is 2. The molecule has 0 radical (unpaired) electrons. The van der Waals surface area contributed by atoms with Gasteiger partial charge in [-0.1, -0.05) is 37.5 Å². The van der Waals surface area contributed by atoms with E-state index in [-0.39, 0.29) is 30.8 Å². The van der Waals surface area contributed by atoms with E-state index in [0.717, 1.165) is 36.9 Å². The Morgan fingerprint density at radius 1 is 1.22 bits per heavy atom. The number of para-hydroxylation sites is 1. The van der Waals surface area contributed by atoms with E-state index in [4.69, 9.17) is 5.11 Å². The second-order valence-corrected chi connectivity index (χ2v) is 6.48. The normalized spacial score (nSPS) is 22.2. The van der Waals surface area contributed by atoms with Gasteiger partial charge in [0.05, 0.1) is 6.61 Å². The summed E-state index contributed by atoms with van der Waals surface area (Å²) in [5.41, 5.74) is 1.74. The van der Waals surface area contributed by atoms with Gasteiger partial charge in [-0.2, -0.15) is 0 Å². The van der Waals surface area contributed by atoms with Crippen LogP contribution < -0.4 is 5.32 Å². The van der Waals surface area contributed by atoms with Gasteiger partial charge in [0.1, 0.15) is 6.04 Å². The predicted molar refractivity (Wildman–Crippen MR) is 87.7 cm³/mol. The molecule has 5 nitrogen and oxygen atoms in total. The molecule has 23 heavy (non-hydrogen) atoms. The summed E-state index contributed by atoms with van der Waals surface area (Å²) in [6.45, 7) is 0.241. The molecule has 0 spiro atoms. The van der Waals surface area contributed by atoms with Crippen molar-refractivity contribution in [2.75, 3.05) is 11.9 Å². The monoisotopic (exact) mass is 316 g/mol. The van der Waals surface area contributed by atoms with E-state index >= 15 is 0 Å². The van der Waals surface area contributed by atoms with Crippen molar-refractivity contribution in [3.05, 3.63) is 29.8 Å². The predicted octanol–water partition coefficient (Wildman–Crippen LogP) is 2.30. The number of hydrogen-bond acceptors (Lipinski definition) is 3. The summed E-state index contributed by atoms with van der Waals surface area (Å²) in [4.78, 5) is 27.1. The highest BCUT2D eigenvalue weighted by molar-refractivity contribution is 5.99. The minimum Gasteiger partial charge on any atom is -0.396 e. The van der Waals surface area contributed by atoms with Crippen LogP contribution in [0, 0.1) is 5.92 Å². The molecule has 1 aromatic carbocycles. The van der Waals surface area contributed by atoms with Gasteiger partial charge in [0.15, 0.2) is 0 Å². The Kier molecular flexibility index (Phi) is 4.96. The van der Waals surface area contributed by atoms with Crippen molar-refractivity contribution in [3.63, 3.8) is 0 Å². The Balaban J connectivity index is 1.93. The standard InChI is InChI=1S/C18H24N2O3/c21-11-10-16(22)20-12-14-8-4-5-9-15(14)19-18(23)17(20)13-6-2-1-3-7-13/h4-5,8-9,13,17,21H,1-3,6-7,10-12H2,(H,19,23). The smallest absolute Gasteiger partial charge is 0.247 e. The molecule has 1 aromatic rings. The fraction of sp³-hybridized carbons (Fsp3) is 0.556. The molecule has 124 valence electrons. The molecule has 5 heteroatoms. The molecule has 2 N–H and O–H groups in total.